The Labute approximate surface area is 295 Å². The average Bonchev–Trinajstić information content (AvgIpc) is 3.61. The molecular weight excluding hydrogens is 691 g/mol. The summed E-state index contributed by atoms with van der Waals surface area (Å²) in [7, 11) is -2.87. The number of piperazine rings is 1. The molecule has 1 aromatic carbocycles. The minimum absolute atomic E-state index is 0.0115. The predicted octanol–water partition coefficient (Wildman–Crippen LogP) is 1.73. The van der Waals surface area contributed by atoms with Gasteiger partial charge in [0.1, 0.15) is 23.6 Å². The quantitative estimate of drug-likeness (QED) is 0.109. The zero-order chi connectivity index (χ0) is 37.0. The third-order valence-corrected chi connectivity index (χ3v) is 9.74. The molecule has 51 heavy (non-hydrogen) atoms. The molecule has 0 radical (unpaired) electrons. The Morgan fingerprint density at radius 2 is 1.69 bits per heavy atom. The number of hydrogen-bond acceptors (Lipinski definition) is 16. The van der Waals surface area contributed by atoms with Crippen molar-refractivity contribution >= 4 is 43.1 Å². The molecule has 4 rings (SSSR count). The molecule has 1 unspecified atom stereocenters. The summed E-state index contributed by atoms with van der Waals surface area (Å²) in [6, 6.07) is 7.66. The highest BCUT2D eigenvalue weighted by atomic mass is 31.2. The molecule has 0 aliphatic carbocycles. The third-order valence-electron chi connectivity index (χ3n) is 7.93. The van der Waals surface area contributed by atoms with Gasteiger partial charge in [-0.3, -0.25) is 37.7 Å². The van der Waals surface area contributed by atoms with Crippen LogP contribution in [0.5, 0.6) is 0 Å². The van der Waals surface area contributed by atoms with Crippen LogP contribution in [-0.2, 0) is 46.9 Å². The van der Waals surface area contributed by atoms with Gasteiger partial charge in [-0.15, -0.1) is 0 Å². The molecule has 2 fully saturated rings. The van der Waals surface area contributed by atoms with Gasteiger partial charge in [0.05, 0.1) is 18.9 Å². The van der Waals surface area contributed by atoms with Gasteiger partial charge < -0.3 is 34.5 Å². The maximum absolute atomic E-state index is 14.3. The van der Waals surface area contributed by atoms with E-state index >= 15 is 0 Å². The SMILES string of the molecule is CCOC(=O)N1CCNCC1C(=O)[C@H](CP(=O)(OCOC(C)=O)OCOC(C)=O)NC(=O)c1cc(N2CC[C@H](OC)C2)nc(-c2ccccc2)n1. The van der Waals surface area contributed by atoms with Crippen molar-refractivity contribution in [1.29, 1.82) is 0 Å². The van der Waals surface area contributed by atoms with E-state index in [1.165, 1.54) is 11.0 Å². The molecule has 3 heterocycles. The lowest BCUT2D eigenvalue weighted by molar-refractivity contribution is -0.149. The lowest BCUT2D eigenvalue weighted by Gasteiger charge is -2.36. The summed E-state index contributed by atoms with van der Waals surface area (Å²) < 4.78 is 44.9. The van der Waals surface area contributed by atoms with Gasteiger partial charge in [0.2, 0.25) is 13.6 Å². The first-order valence-corrected chi connectivity index (χ1v) is 18.0. The second kappa shape index (κ2) is 18.7. The number of rotatable bonds is 16. The highest BCUT2D eigenvalue weighted by Gasteiger charge is 2.42. The highest BCUT2D eigenvalue weighted by molar-refractivity contribution is 7.54. The summed E-state index contributed by atoms with van der Waals surface area (Å²) in [6.45, 7) is 3.76. The second-order valence-electron chi connectivity index (χ2n) is 11.5. The predicted molar refractivity (Wildman–Crippen MR) is 180 cm³/mol. The lowest BCUT2D eigenvalue weighted by Crippen LogP contribution is -2.61. The van der Waals surface area contributed by atoms with Crippen LogP contribution in [0.1, 0.15) is 37.7 Å². The standard InChI is InChI=1S/C32H43N6O12P/c1-5-46-32(43)38-14-12-33-16-27(38)29(41)26(18-51(44,49-19-47-21(2)39)50-20-48-22(3)40)35-31(42)25-15-28(37-13-11-24(17-37)45-4)36-30(34-25)23-9-7-6-8-10-23/h6-10,15,24,26-27,33H,5,11-14,16-20H2,1-4H3,(H,35,42)/t24-,26-,27?/m0/s1. The molecule has 0 bridgehead atoms. The van der Waals surface area contributed by atoms with Crippen LogP contribution in [0, 0.1) is 0 Å². The average molecular weight is 735 g/mol. The molecule has 2 aliphatic rings. The van der Waals surface area contributed by atoms with E-state index in [2.05, 4.69) is 15.6 Å². The molecule has 2 saturated heterocycles. The van der Waals surface area contributed by atoms with Gasteiger partial charge >= 0.3 is 25.6 Å². The fourth-order valence-corrected chi connectivity index (χ4v) is 6.79. The van der Waals surface area contributed by atoms with E-state index in [9.17, 15) is 28.5 Å². The van der Waals surface area contributed by atoms with Gasteiger partial charge in [-0.05, 0) is 13.3 Å². The number of anilines is 1. The first-order chi connectivity index (χ1) is 24.4. The Balaban J connectivity index is 1.72. The van der Waals surface area contributed by atoms with Crippen LogP contribution < -0.4 is 15.5 Å². The van der Waals surface area contributed by atoms with E-state index in [1.54, 1.807) is 38.3 Å². The van der Waals surface area contributed by atoms with Crippen molar-refractivity contribution in [3.63, 3.8) is 0 Å². The van der Waals surface area contributed by atoms with Crippen LogP contribution >= 0.6 is 7.60 Å². The largest absolute Gasteiger partial charge is 0.450 e. The number of aromatic nitrogens is 2. The molecule has 1 aromatic heterocycles. The molecule has 2 aromatic rings. The Hall–Kier alpha value is -4.48. The van der Waals surface area contributed by atoms with Crippen molar-refractivity contribution < 1.29 is 56.5 Å². The fraction of sp³-hybridized carbons (Fsp3) is 0.531. The second-order valence-corrected chi connectivity index (χ2v) is 13.6. The number of hydrogen-bond donors (Lipinski definition) is 2. The van der Waals surface area contributed by atoms with E-state index < -0.39 is 69.1 Å². The number of esters is 2. The van der Waals surface area contributed by atoms with Crippen LogP contribution in [0.3, 0.4) is 0 Å². The van der Waals surface area contributed by atoms with Crippen molar-refractivity contribution in [2.24, 2.45) is 0 Å². The number of ketones is 1. The molecule has 2 amide bonds. The van der Waals surface area contributed by atoms with Gasteiger partial charge in [0.25, 0.3) is 5.91 Å². The first-order valence-electron chi connectivity index (χ1n) is 16.3. The van der Waals surface area contributed by atoms with Crippen molar-refractivity contribution in [1.82, 2.24) is 25.5 Å². The summed E-state index contributed by atoms with van der Waals surface area (Å²) >= 11 is 0. The molecule has 3 atom stereocenters. The Bertz CT molecular complexity index is 1570. The molecule has 2 N–H and O–H groups in total. The summed E-state index contributed by atoms with van der Waals surface area (Å²) in [5, 5.41) is 5.66. The summed E-state index contributed by atoms with van der Waals surface area (Å²) in [5.41, 5.74) is 0.516. The first kappa shape index (κ1) is 39.3. The van der Waals surface area contributed by atoms with Gasteiger partial charge in [0.15, 0.2) is 11.6 Å². The van der Waals surface area contributed by atoms with Crippen LogP contribution in [0.25, 0.3) is 11.4 Å². The fourth-order valence-electron chi connectivity index (χ4n) is 5.36. The third kappa shape index (κ3) is 11.3. The number of Topliss-reactive ketones (excluding diaryl/α,β-unsaturated/α-hetero) is 1. The summed E-state index contributed by atoms with van der Waals surface area (Å²) in [5.74, 6) is -2.41. The number of nitrogens with one attached hydrogen (secondary N) is 2. The summed E-state index contributed by atoms with van der Waals surface area (Å²) in [6.07, 6.45) is -0.866. The van der Waals surface area contributed by atoms with E-state index in [4.69, 9.17) is 33.0 Å². The minimum Gasteiger partial charge on any atom is -0.450 e. The van der Waals surface area contributed by atoms with Crippen molar-refractivity contribution in [2.45, 2.75) is 45.4 Å². The number of carbonyl (C=O) groups excluding carboxylic acids is 5. The Morgan fingerprint density at radius 1 is 1.00 bits per heavy atom. The van der Waals surface area contributed by atoms with Crippen molar-refractivity contribution in [3.05, 3.63) is 42.1 Å². The van der Waals surface area contributed by atoms with Gasteiger partial charge in [-0.1, -0.05) is 30.3 Å². The summed E-state index contributed by atoms with van der Waals surface area (Å²) in [4.78, 5) is 76.5. The Kier molecular flexibility index (Phi) is 14.4. The Morgan fingerprint density at radius 3 is 2.29 bits per heavy atom. The normalized spacial score (nSPS) is 18.1. The van der Waals surface area contributed by atoms with Crippen LogP contribution in [0.15, 0.2) is 36.4 Å². The molecule has 0 saturated carbocycles. The topological polar surface area (TPSA) is 214 Å². The van der Waals surface area contributed by atoms with E-state index in [-0.39, 0.29) is 37.3 Å². The highest BCUT2D eigenvalue weighted by Crippen LogP contribution is 2.49. The van der Waals surface area contributed by atoms with Gasteiger partial charge in [-0.25, -0.2) is 14.8 Å². The molecule has 278 valence electrons. The zero-order valence-electron chi connectivity index (χ0n) is 28.9. The number of amides is 2. The molecule has 18 nitrogen and oxygen atoms in total. The van der Waals surface area contributed by atoms with E-state index in [0.29, 0.717) is 31.0 Å². The maximum Gasteiger partial charge on any atom is 0.410 e. The zero-order valence-corrected chi connectivity index (χ0v) is 29.8. The van der Waals surface area contributed by atoms with Crippen LogP contribution in [-0.4, -0.2) is 129 Å². The van der Waals surface area contributed by atoms with Crippen LogP contribution in [0.2, 0.25) is 0 Å². The van der Waals surface area contributed by atoms with Gasteiger partial charge in [-0.2, -0.15) is 0 Å². The number of benzene rings is 1. The minimum atomic E-state index is -4.49. The van der Waals surface area contributed by atoms with E-state index in [0.717, 1.165) is 20.3 Å². The maximum atomic E-state index is 14.3. The van der Waals surface area contributed by atoms with Crippen molar-refractivity contribution in [3.8, 4) is 11.4 Å². The smallest absolute Gasteiger partial charge is 0.410 e. The van der Waals surface area contributed by atoms with E-state index in [1.807, 2.05) is 11.0 Å². The number of ether oxygens (including phenoxy) is 4. The molecular formula is C32H43N6O12P. The van der Waals surface area contributed by atoms with Crippen LogP contribution in [0.4, 0.5) is 10.6 Å². The van der Waals surface area contributed by atoms with Gasteiger partial charge in [0, 0.05) is 65.3 Å². The number of nitrogens with zero attached hydrogens (tertiary/aromatic N) is 4. The lowest BCUT2D eigenvalue weighted by atomic mass is 10.0. The van der Waals surface area contributed by atoms with Crippen molar-refractivity contribution in [2.75, 3.05) is 71.1 Å². The monoisotopic (exact) mass is 734 g/mol. The number of carbonyl (C=O) groups is 5. The molecule has 2 aliphatic heterocycles. The molecule has 19 heteroatoms. The molecule has 0 spiro atoms. The number of methoxy groups -OCH3 is 1.